The number of thioether (sulfide) groups is 1. The molecule has 3 N–H and O–H groups in total. The third kappa shape index (κ3) is 3.72. The van der Waals surface area contributed by atoms with Crippen LogP contribution < -0.4 is 11.2 Å². The summed E-state index contributed by atoms with van der Waals surface area (Å²) >= 11 is 1.18. The van der Waals surface area contributed by atoms with Gasteiger partial charge in [-0.05, 0) is 29.8 Å². The van der Waals surface area contributed by atoms with Gasteiger partial charge in [0.2, 0.25) is 11.1 Å². The summed E-state index contributed by atoms with van der Waals surface area (Å²) in [5, 5.41) is 10.2. The van der Waals surface area contributed by atoms with Crippen molar-refractivity contribution in [2.24, 2.45) is 0 Å². The first kappa shape index (κ1) is 16.0. The van der Waals surface area contributed by atoms with Crippen LogP contribution in [0.3, 0.4) is 0 Å². The van der Waals surface area contributed by atoms with Gasteiger partial charge in [0, 0.05) is 5.69 Å². The molecule has 0 aliphatic carbocycles. The van der Waals surface area contributed by atoms with Crippen molar-refractivity contribution in [2.45, 2.75) is 10.4 Å². The topological polar surface area (TPSA) is 85.8 Å². The van der Waals surface area contributed by atoms with E-state index >= 15 is 0 Å². The number of hydrogen-bond donors (Lipinski definition) is 2. The summed E-state index contributed by atoms with van der Waals surface area (Å²) in [6.45, 7) is 0. The van der Waals surface area contributed by atoms with E-state index in [4.69, 9.17) is 5.84 Å². The van der Waals surface area contributed by atoms with Gasteiger partial charge in [-0.2, -0.15) is 0 Å². The summed E-state index contributed by atoms with van der Waals surface area (Å²) in [6.07, 6.45) is 1.36. The van der Waals surface area contributed by atoms with Crippen molar-refractivity contribution in [1.82, 2.24) is 14.9 Å². The van der Waals surface area contributed by atoms with Gasteiger partial charge in [0.05, 0.1) is 0 Å². The van der Waals surface area contributed by atoms with Crippen LogP contribution in [0, 0.1) is 5.82 Å². The predicted molar refractivity (Wildman–Crippen MR) is 90.2 cm³/mol. The van der Waals surface area contributed by atoms with E-state index in [1.54, 1.807) is 0 Å². The molecule has 0 unspecified atom stereocenters. The van der Waals surface area contributed by atoms with E-state index in [9.17, 15) is 9.18 Å². The van der Waals surface area contributed by atoms with Gasteiger partial charge >= 0.3 is 0 Å². The highest BCUT2D eigenvalue weighted by molar-refractivity contribution is 8.00. The van der Waals surface area contributed by atoms with Crippen LogP contribution in [-0.4, -0.2) is 20.8 Å². The van der Waals surface area contributed by atoms with Gasteiger partial charge in [0.1, 0.15) is 17.4 Å². The Morgan fingerprint density at radius 3 is 2.50 bits per heavy atom. The molecule has 122 valence electrons. The summed E-state index contributed by atoms with van der Waals surface area (Å²) in [5.74, 6) is 5.11. The number of hydrogen-bond acceptors (Lipinski definition) is 5. The standard InChI is InChI=1S/C16H14FN5OS/c17-12-6-8-13(9-7-12)20-15(23)14(11-4-2-1-3-5-11)24-16-21-19-10-22(16)18/h1-10,14H,18H2,(H,20,23)/t14-/m1/s1. The minimum Gasteiger partial charge on any atom is -0.336 e. The fraction of sp³-hybridized carbons (Fsp3) is 0.0625. The first-order valence-electron chi connectivity index (χ1n) is 7.06. The maximum Gasteiger partial charge on any atom is 0.242 e. The van der Waals surface area contributed by atoms with E-state index < -0.39 is 5.25 Å². The Hall–Kier alpha value is -2.87. The van der Waals surface area contributed by atoms with Crippen molar-refractivity contribution >= 4 is 23.4 Å². The van der Waals surface area contributed by atoms with Crippen molar-refractivity contribution in [3.05, 3.63) is 72.3 Å². The van der Waals surface area contributed by atoms with Crippen LogP contribution in [0.5, 0.6) is 0 Å². The van der Waals surface area contributed by atoms with Crippen molar-refractivity contribution in [2.75, 3.05) is 11.2 Å². The predicted octanol–water partition coefficient (Wildman–Crippen LogP) is 2.60. The van der Waals surface area contributed by atoms with E-state index in [0.29, 0.717) is 10.8 Å². The summed E-state index contributed by atoms with van der Waals surface area (Å²) in [4.78, 5) is 12.7. The van der Waals surface area contributed by atoms with Crippen LogP contribution in [0.2, 0.25) is 0 Å². The minimum atomic E-state index is -0.581. The lowest BCUT2D eigenvalue weighted by atomic mass is 10.1. The molecule has 0 aliphatic rings. The molecule has 3 rings (SSSR count). The van der Waals surface area contributed by atoms with Gasteiger partial charge in [-0.1, -0.05) is 42.1 Å². The molecule has 0 spiro atoms. The molecule has 1 atom stereocenters. The molecule has 1 amide bonds. The van der Waals surface area contributed by atoms with Crippen LogP contribution >= 0.6 is 11.8 Å². The highest BCUT2D eigenvalue weighted by atomic mass is 32.2. The molecule has 1 heterocycles. The molecular formula is C16H14FN5OS. The Labute approximate surface area is 141 Å². The Morgan fingerprint density at radius 2 is 1.88 bits per heavy atom. The lowest BCUT2D eigenvalue weighted by Crippen LogP contribution is -2.20. The van der Waals surface area contributed by atoms with Gasteiger partial charge in [0.25, 0.3) is 0 Å². The van der Waals surface area contributed by atoms with Crippen LogP contribution in [0.15, 0.2) is 66.1 Å². The van der Waals surface area contributed by atoms with Crippen molar-refractivity contribution < 1.29 is 9.18 Å². The summed E-state index contributed by atoms with van der Waals surface area (Å²) in [7, 11) is 0. The van der Waals surface area contributed by atoms with Crippen LogP contribution in [0.25, 0.3) is 0 Å². The number of nitrogens with two attached hydrogens (primary N) is 1. The zero-order chi connectivity index (χ0) is 16.9. The monoisotopic (exact) mass is 343 g/mol. The largest absolute Gasteiger partial charge is 0.336 e. The number of nitrogens with zero attached hydrogens (tertiary/aromatic N) is 3. The molecule has 6 nitrogen and oxygen atoms in total. The molecule has 0 saturated heterocycles. The molecule has 0 aliphatic heterocycles. The number of benzene rings is 2. The summed E-state index contributed by atoms with van der Waals surface area (Å²) in [5.41, 5.74) is 1.31. The maximum absolute atomic E-state index is 13.0. The second kappa shape index (κ2) is 7.14. The van der Waals surface area contributed by atoms with Crippen LogP contribution in [0.4, 0.5) is 10.1 Å². The molecule has 0 bridgehead atoms. The zero-order valence-electron chi connectivity index (χ0n) is 12.5. The fourth-order valence-corrected chi connectivity index (χ4v) is 3.00. The van der Waals surface area contributed by atoms with Crippen LogP contribution in [-0.2, 0) is 4.79 Å². The van der Waals surface area contributed by atoms with Gasteiger partial charge in [0.15, 0.2) is 0 Å². The van der Waals surface area contributed by atoms with E-state index in [-0.39, 0.29) is 11.7 Å². The summed E-state index contributed by atoms with van der Waals surface area (Å²) in [6, 6.07) is 14.8. The van der Waals surface area contributed by atoms with Crippen molar-refractivity contribution in [3.63, 3.8) is 0 Å². The average Bonchev–Trinajstić information content (AvgIpc) is 3.00. The quantitative estimate of drug-likeness (QED) is 0.549. The lowest BCUT2D eigenvalue weighted by molar-refractivity contribution is -0.115. The average molecular weight is 343 g/mol. The van der Waals surface area contributed by atoms with Crippen molar-refractivity contribution in [3.8, 4) is 0 Å². The van der Waals surface area contributed by atoms with Crippen LogP contribution in [0.1, 0.15) is 10.8 Å². The van der Waals surface area contributed by atoms with Gasteiger partial charge < -0.3 is 11.2 Å². The Bertz CT molecular complexity index is 822. The molecule has 2 aromatic carbocycles. The van der Waals surface area contributed by atoms with E-state index in [0.717, 1.165) is 5.56 Å². The number of halogens is 1. The molecule has 3 aromatic rings. The second-order valence-electron chi connectivity index (χ2n) is 4.93. The van der Waals surface area contributed by atoms with E-state index in [2.05, 4.69) is 15.5 Å². The Morgan fingerprint density at radius 1 is 1.17 bits per heavy atom. The van der Waals surface area contributed by atoms with Gasteiger partial charge in [-0.25, -0.2) is 9.07 Å². The molecular weight excluding hydrogens is 329 g/mol. The number of carbonyl (C=O) groups excluding carboxylic acids is 1. The molecule has 0 saturated carbocycles. The zero-order valence-corrected chi connectivity index (χ0v) is 13.3. The minimum absolute atomic E-state index is 0.263. The SMILES string of the molecule is Nn1cnnc1S[C@@H](C(=O)Nc1ccc(F)cc1)c1ccccc1. The number of amides is 1. The van der Waals surface area contributed by atoms with Gasteiger partial charge in [-0.15, -0.1) is 10.2 Å². The third-order valence-electron chi connectivity index (χ3n) is 3.22. The number of aromatic nitrogens is 3. The lowest BCUT2D eigenvalue weighted by Gasteiger charge is -2.16. The molecule has 8 heteroatoms. The van der Waals surface area contributed by atoms with Crippen molar-refractivity contribution in [1.29, 1.82) is 0 Å². The molecule has 0 radical (unpaired) electrons. The highest BCUT2D eigenvalue weighted by Gasteiger charge is 2.24. The highest BCUT2D eigenvalue weighted by Crippen LogP contribution is 2.34. The van der Waals surface area contributed by atoms with E-state index in [1.165, 1.54) is 47.0 Å². The molecule has 1 aromatic heterocycles. The smallest absolute Gasteiger partial charge is 0.242 e. The Kier molecular flexibility index (Phi) is 4.76. The summed E-state index contributed by atoms with van der Waals surface area (Å²) < 4.78 is 14.3. The second-order valence-corrected chi connectivity index (χ2v) is 6.00. The fourth-order valence-electron chi connectivity index (χ4n) is 2.06. The molecule has 24 heavy (non-hydrogen) atoms. The number of rotatable bonds is 5. The first-order chi connectivity index (χ1) is 11.6. The number of carbonyl (C=O) groups is 1. The van der Waals surface area contributed by atoms with Gasteiger partial charge in [-0.3, -0.25) is 4.79 Å². The van der Waals surface area contributed by atoms with E-state index in [1.807, 2.05) is 30.3 Å². The first-order valence-corrected chi connectivity index (χ1v) is 7.94. The maximum atomic E-state index is 13.0. The number of nitrogen functional groups attached to an aromatic ring is 1. The number of nitrogens with one attached hydrogen (secondary N) is 1. The number of anilines is 1. The normalized spacial score (nSPS) is 11.9. The molecule has 0 fully saturated rings. The third-order valence-corrected chi connectivity index (χ3v) is 4.44. The Balaban J connectivity index is 1.85.